The van der Waals surface area contributed by atoms with Crippen LogP contribution in [-0.4, -0.2) is 35.2 Å². The molecule has 0 saturated carbocycles. The molecule has 0 aromatic rings. The van der Waals surface area contributed by atoms with Gasteiger partial charge < -0.3 is 10.0 Å². The topological polar surface area (TPSA) is 23.5 Å². The molecule has 0 aromatic heterocycles. The van der Waals surface area contributed by atoms with Gasteiger partial charge in [-0.3, -0.25) is 0 Å². The van der Waals surface area contributed by atoms with Gasteiger partial charge in [0.15, 0.2) is 0 Å². The summed E-state index contributed by atoms with van der Waals surface area (Å²) in [5.41, 5.74) is 0. The van der Waals surface area contributed by atoms with Gasteiger partial charge >= 0.3 is 0 Å². The van der Waals surface area contributed by atoms with E-state index in [0.29, 0.717) is 0 Å². The molecule has 12 heavy (non-hydrogen) atoms. The molecule has 0 amide bonds. The van der Waals surface area contributed by atoms with Crippen molar-refractivity contribution < 1.29 is 5.11 Å². The number of nitrogens with zero attached hydrogens (tertiary/aromatic N) is 1. The molecule has 1 saturated heterocycles. The summed E-state index contributed by atoms with van der Waals surface area (Å²) in [6.07, 6.45) is 4.60. The molecule has 3 unspecified atom stereocenters. The van der Waals surface area contributed by atoms with Gasteiger partial charge in [0.2, 0.25) is 0 Å². The van der Waals surface area contributed by atoms with Gasteiger partial charge in [-0.2, -0.15) is 0 Å². The second-order valence-electron chi connectivity index (χ2n) is 4.17. The highest BCUT2D eigenvalue weighted by atomic mass is 16.3. The van der Waals surface area contributed by atoms with Crippen molar-refractivity contribution in [3.8, 4) is 0 Å². The van der Waals surface area contributed by atoms with Crippen molar-refractivity contribution in [2.75, 3.05) is 7.05 Å². The smallest absolute Gasteiger partial charge is 0.0512 e. The average Bonchev–Trinajstić information content (AvgIpc) is 2.30. The molecule has 0 radical (unpaired) electrons. The number of hydrogen-bond donors (Lipinski definition) is 1. The molecule has 0 spiro atoms. The van der Waals surface area contributed by atoms with E-state index in [2.05, 4.69) is 18.9 Å². The lowest BCUT2D eigenvalue weighted by molar-refractivity contribution is 0.159. The fourth-order valence-corrected chi connectivity index (χ4v) is 1.98. The number of likely N-dealkylation sites (tertiary alicyclic amines) is 1. The van der Waals surface area contributed by atoms with Crippen LogP contribution in [-0.2, 0) is 0 Å². The lowest BCUT2D eigenvalue weighted by Crippen LogP contribution is -2.30. The Morgan fingerprint density at radius 2 is 2.17 bits per heavy atom. The summed E-state index contributed by atoms with van der Waals surface area (Å²) in [7, 11) is 2.20. The molecule has 1 rings (SSSR count). The van der Waals surface area contributed by atoms with E-state index in [1.165, 1.54) is 12.8 Å². The summed E-state index contributed by atoms with van der Waals surface area (Å²) in [6.45, 7) is 4.15. The zero-order valence-electron chi connectivity index (χ0n) is 8.45. The third-order valence-corrected chi connectivity index (χ3v) is 3.11. The Morgan fingerprint density at radius 1 is 1.50 bits per heavy atom. The molecule has 3 atom stereocenters. The first-order valence-electron chi connectivity index (χ1n) is 5.01. The van der Waals surface area contributed by atoms with E-state index in [9.17, 15) is 0 Å². The molecule has 1 fully saturated rings. The molecule has 72 valence electrons. The number of hydrogen-bond acceptors (Lipinski definition) is 2. The minimum absolute atomic E-state index is 0.130. The van der Waals surface area contributed by atoms with Gasteiger partial charge in [0.25, 0.3) is 0 Å². The Hall–Kier alpha value is -0.0800. The van der Waals surface area contributed by atoms with Gasteiger partial charge in [0, 0.05) is 12.1 Å². The Kier molecular flexibility index (Phi) is 3.53. The molecule has 1 aliphatic heterocycles. The predicted octanol–water partition coefficient (Wildman–Crippen LogP) is 1.63. The van der Waals surface area contributed by atoms with E-state index in [1.54, 1.807) is 0 Å². The molecular weight excluding hydrogens is 150 g/mol. The van der Waals surface area contributed by atoms with Crippen LogP contribution in [0.5, 0.6) is 0 Å². The second-order valence-corrected chi connectivity index (χ2v) is 4.17. The van der Waals surface area contributed by atoms with Crippen LogP contribution in [0.25, 0.3) is 0 Å². The minimum Gasteiger partial charge on any atom is -0.393 e. The van der Waals surface area contributed by atoms with Gasteiger partial charge in [0.1, 0.15) is 0 Å². The van der Waals surface area contributed by atoms with Crippen LogP contribution in [0.1, 0.15) is 39.5 Å². The summed E-state index contributed by atoms with van der Waals surface area (Å²) < 4.78 is 0. The maximum absolute atomic E-state index is 9.15. The summed E-state index contributed by atoms with van der Waals surface area (Å²) in [5.74, 6) is 0. The van der Waals surface area contributed by atoms with Gasteiger partial charge in [0.05, 0.1) is 6.10 Å². The van der Waals surface area contributed by atoms with E-state index < -0.39 is 0 Å². The van der Waals surface area contributed by atoms with E-state index in [1.807, 2.05) is 6.92 Å². The van der Waals surface area contributed by atoms with Crippen LogP contribution in [0.3, 0.4) is 0 Å². The first-order chi connectivity index (χ1) is 5.61. The monoisotopic (exact) mass is 171 g/mol. The van der Waals surface area contributed by atoms with Crippen LogP contribution in [0.4, 0.5) is 0 Å². The minimum atomic E-state index is -0.130. The maximum atomic E-state index is 9.15. The number of aliphatic hydroxyl groups excluding tert-OH is 1. The zero-order valence-corrected chi connectivity index (χ0v) is 8.45. The van der Waals surface area contributed by atoms with Gasteiger partial charge in [-0.15, -0.1) is 0 Å². The zero-order chi connectivity index (χ0) is 9.14. The van der Waals surface area contributed by atoms with E-state index in [-0.39, 0.29) is 6.10 Å². The van der Waals surface area contributed by atoms with Crippen LogP contribution in [0, 0.1) is 0 Å². The fourth-order valence-electron chi connectivity index (χ4n) is 1.98. The van der Waals surface area contributed by atoms with Crippen molar-refractivity contribution >= 4 is 0 Å². The summed E-state index contributed by atoms with van der Waals surface area (Å²) in [6, 6.07) is 1.46. The fraction of sp³-hybridized carbons (Fsp3) is 1.00. The Labute approximate surface area is 75.6 Å². The molecule has 0 aliphatic carbocycles. The van der Waals surface area contributed by atoms with Gasteiger partial charge in [-0.1, -0.05) is 0 Å². The summed E-state index contributed by atoms with van der Waals surface area (Å²) in [4.78, 5) is 2.45. The molecule has 1 heterocycles. The number of rotatable bonds is 3. The second kappa shape index (κ2) is 4.24. The van der Waals surface area contributed by atoms with Crippen LogP contribution >= 0.6 is 0 Å². The standard InChI is InChI=1S/C10H21NO/c1-8-4-6-10(11(8)3)7-5-9(2)12/h8-10,12H,4-7H2,1-3H3. The van der Waals surface area contributed by atoms with Crippen molar-refractivity contribution in [1.29, 1.82) is 0 Å². The molecule has 1 aliphatic rings. The van der Waals surface area contributed by atoms with Crippen molar-refractivity contribution in [2.24, 2.45) is 0 Å². The quantitative estimate of drug-likeness (QED) is 0.697. The summed E-state index contributed by atoms with van der Waals surface area (Å²) in [5, 5.41) is 9.15. The van der Waals surface area contributed by atoms with Crippen molar-refractivity contribution in [1.82, 2.24) is 4.90 Å². The third-order valence-electron chi connectivity index (χ3n) is 3.11. The van der Waals surface area contributed by atoms with Gasteiger partial charge in [-0.05, 0) is 46.6 Å². The largest absolute Gasteiger partial charge is 0.393 e. The first-order valence-corrected chi connectivity index (χ1v) is 5.01. The van der Waals surface area contributed by atoms with E-state index in [0.717, 1.165) is 24.9 Å². The Bertz CT molecular complexity index is 136. The highest BCUT2D eigenvalue weighted by molar-refractivity contribution is 4.82. The molecule has 2 heteroatoms. The van der Waals surface area contributed by atoms with Crippen molar-refractivity contribution in [3.05, 3.63) is 0 Å². The molecule has 2 nitrogen and oxygen atoms in total. The average molecular weight is 171 g/mol. The molecule has 0 aromatic carbocycles. The van der Waals surface area contributed by atoms with Gasteiger partial charge in [-0.25, -0.2) is 0 Å². The van der Waals surface area contributed by atoms with E-state index >= 15 is 0 Å². The maximum Gasteiger partial charge on any atom is 0.0512 e. The highest BCUT2D eigenvalue weighted by Gasteiger charge is 2.26. The third kappa shape index (κ3) is 2.46. The SMILES string of the molecule is CC(O)CCC1CCC(C)N1C. The predicted molar refractivity (Wildman–Crippen MR) is 51.2 cm³/mol. The van der Waals surface area contributed by atoms with E-state index in [4.69, 9.17) is 5.11 Å². The lowest BCUT2D eigenvalue weighted by atomic mass is 10.1. The lowest BCUT2D eigenvalue weighted by Gasteiger charge is -2.23. The number of aliphatic hydroxyl groups is 1. The summed E-state index contributed by atoms with van der Waals surface area (Å²) >= 11 is 0. The molecular formula is C10H21NO. The normalized spacial score (nSPS) is 34.0. The molecule has 0 bridgehead atoms. The van der Waals surface area contributed by atoms with Crippen molar-refractivity contribution in [3.63, 3.8) is 0 Å². The Balaban J connectivity index is 2.24. The molecule has 1 N–H and O–H groups in total. The van der Waals surface area contributed by atoms with Crippen LogP contribution in [0.2, 0.25) is 0 Å². The van der Waals surface area contributed by atoms with Crippen molar-refractivity contribution in [2.45, 2.75) is 57.7 Å². The highest BCUT2D eigenvalue weighted by Crippen LogP contribution is 2.25. The first kappa shape index (κ1) is 10.0. The van der Waals surface area contributed by atoms with Crippen LogP contribution < -0.4 is 0 Å². The van der Waals surface area contributed by atoms with Crippen LogP contribution in [0.15, 0.2) is 0 Å². The Morgan fingerprint density at radius 3 is 2.58 bits per heavy atom.